The Morgan fingerprint density at radius 3 is 2.46 bits per heavy atom. The van der Waals surface area contributed by atoms with Crippen LogP contribution >= 0.6 is 0 Å². The molecule has 192 valence electrons. The summed E-state index contributed by atoms with van der Waals surface area (Å²) in [7, 11) is 1.37. The third kappa shape index (κ3) is 5.46. The van der Waals surface area contributed by atoms with Crippen molar-refractivity contribution in [3.63, 3.8) is 0 Å². The Morgan fingerprint density at radius 2 is 1.86 bits per heavy atom. The van der Waals surface area contributed by atoms with Gasteiger partial charge >= 0.3 is 24.0 Å². The maximum absolute atomic E-state index is 13.1. The van der Waals surface area contributed by atoms with Crippen molar-refractivity contribution in [3.8, 4) is 5.75 Å². The first-order valence-electron chi connectivity index (χ1n) is 11.6. The number of anilines is 1. The minimum absolute atomic E-state index is 0.0671. The third-order valence-electron chi connectivity index (χ3n) is 6.74. The molecule has 1 aliphatic heterocycles. The molecular formula is C25H30F3NO6. The predicted octanol–water partition coefficient (Wildman–Crippen LogP) is 5.03. The number of methoxy groups -OCH3 is 1. The van der Waals surface area contributed by atoms with E-state index >= 15 is 0 Å². The highest BCUT2D eigenvalue weighted by Gasteiger charge is 2.41. The van der Waals surface area contributed by atoms with Gasteiger partial charge in [-0.05, 0) is 51.5 Å². The number of carbonyl (C=O) groups is 3. The Morgan fingerprint density at radius 1 is 1.20 bits per heavy atom. The lowest BCUT2D eigenvalue weighted by molar-refractivity contribution is -0.167. The fraction of sp³-hybridized carbons (Fsp3) is 0.560. The number of fused-ring (bicyclic) bond motifs is 1. The lowest BCUT2D eigenvalue weighted by Gasteiger charge is -2.30. The van der Waals surface area contributed by atoms with E-state index in [1.807, 2.05) is 18.3 Å². The summed E-state index contributed by atoms with van der Waals surface area (Å²) in [6.45, 7) is 5.48. The number of hydrogen-bond donors (Lipinski definition) is 1. The third-order valence-corrected chi connectivity index (χ3v) is 6.74. The van der Waals surface area contributed by atoms with E-state index < -0.39 is 18.1 Å². The highest BCUT2D eigenvalue weighted by atomic mass is 19.4. The van der Waals surface area contributed by atoms with Crippen molar-refractivity contribution in [2.24, 2.45) is 11.8 Å². The van der Waals surface area contributed by atoms with Crippen molar-refractivity contribution in [2.45, 2.75) is 65.7 Å². The monoisotopic (exact) mass is 497 g/mol. The van der Waals surface area contributed by atoms with Crippen LogP contribution in [0.4, 0.5) is 18.9 Å². The van der Waals surface area contributed by atoms with Crippen LogP contribution in [0.25, 0.3) is 0 Å². The van der Waals surface area contributed by atoms with Crippen molar-refractivity contribution in [1.29, 1.82) is 0 Å². The highest BCUT2D eigenvalue weighted by Crippen LogP contribution is 2.42. The Kier molecular flexibility index (Phi) is 8.12. The van der Waals surface area contributed by atoms with Crippen LogP contribution in [0.2, 0.25) is 0 Å². The first-order chi connectivity index (χ1) is 16.5. The van der Waals surface area contributed by atoms with Crippen molar-refractivity contribution < 1.29 is 41.8 Å². The number of hydrogen-bond acceptors (Lipinski definition) is 6. The molecule has 1 fully saturated rings. The average molecular weight is 498 g/mol. The summed E-state index contributed by atoms with van der Waals surface area (Å²) in [5.74, 6) is -3.34. The molecule has 0 saturated heterocycles. The van der Waals surface area contributed by atoms with Crippen molar-refractivity contribution >= 4 is 23.5 Å². The van der Waals surface area contributed by atoms with Crippen LogP contribution in [0.15, 0.2) is 11.6 Å². The first kappa shape index (κ1) is 26.6. The van der Waals surface area contributed by atoms with Gasteiger partial charge in [0.25, 0.3) is 0 Å². The van der Waals surface area contributed by atoms with Gasteiger partial charge in [-0.2, -0.15) is 13.2 Å². The Bertz CT molecular complexity index is 1050. The van der Waals surface area contributed by atoms with E-state index in [1.165, 1.54) is 7.11 Å². The number of ether oxygens (including phenoxy) is 3. The average Bonchev–Trinajstić information content (AvgIpc) is 3.20. The zero-order valence-electron chi connectivity index (χ0n) is 20.3. The summed E-state index contributed by atoms with van der Waals surface area (Å²) in [5, 5.41) is 1.88. The van der Waals surface area contributed by atoms with Crippen LogP contribution < -0.4 is 10.1 Å². The molecule has 2 aliphatic rings. The second-order valence-corrected chi connectivity index (χ2v) is 8.80. The first-order valence-corrected chi connectivity index (χ1v) is 11.6. The van der Waals surface area contributed by atoms with Crippen LogP contribution in [-0.2, 0) is 32.1 Å². The standard InChI is InChI=1S/C25H30F3NO6/c1-5-34-22(30)16-9-7-6-8-15(16)13(2)10-11-17-20(29-24(32)25(26,27)28)19-18(12-35-23(19)31)14(3)21(17)33-4/h10,15-16H,5-9,11-12H2,1-4H3,(H,29,32)/t15?,16-/m1/s1. The summed E-state index contributed by atoms with van der Waals surface area (Å²) in [6.07, 6.45) is 0.105. The van der Waals surface area contributed by atoms with E-state index in [-0.39, 0.29) is 60.0 Å². The second-order valence-electron chi connectivity index (χ2n) is 8.80. The van der Waals surface area contributed by atoms with E-state index in [0.29, 0.717) is 17.5 Å². The highest BCUT2D eigenvalue weighted by molar-refractivity contribution is 6.07. The van der Waals surface area contributed by atoms with Crippen LogP contribution in [-0.4, -0.2) is 37.7 Å². The van der Waals surface area contributed by atoms with Crippen LogP contribution in [0.3, 0.4) is 0 Å². The van der Waals surface area contributed by atoms with Crippen LogP contribution in [0, 0.1) is 18.8 Å². The number of nitrogens with one attached hydrogen (secondary N) is 1. The van der Waals surface area contributed by atoms with Crippen molar-refractivity contribution in [1.82, 2.24) is 0 Å². The van der Waals surface area contributed by atoms with Gasteiger partial charge in [-0.25, -0.2) is 4.79 Å². The van der Waals surface area contributed by atoms with Gasteiger partial charge in [-0.3, -0.25) is 9.59 Å². The zero-order valence-corrected chi connectivity index (χ0v) is 20.3. The van der Waals surface area contributed by atoms with E-state index in [4.69, 9.17) is 14.2 Å². The van der Waals surface area contributed by atoms with Gasteiger partial charge in [0.2, 0.25) is 0 Å². The maximum atomic E-state index is 13.1. The molecule has 7 nitrogen and oxygen atoms in total. The molecule has 1 amide bonds. The smallest absolute Gasteiger partial charge is 0.471 e. The number of amides is 1. The van der Waals surface area contributed by atoms with Crippen LogP contribution in [0.1, 0.15) is 66.6 Å². The van der Waals surface area contributed by atoms with E-state index in [2.05, 4.69) is 0 Å². The Labute approximate surface area is 202 Å². The maximum Gasteiger partial charge on any atom is 0.471 e. The molecule has 10 heteroatoms. The molecule has 0 spiro atoms. The number of rotatable bonds is 7. The van der Waals surface area contributed by atoms with Crippen molar-refractivity contribution in [3.05, 3.63) is 33.9 Å². The molecule has 1 unspecified atom stereocenters. The fourth-order valence-electron chi connectivity index (χ4n) is 5.00. The topological polar surface area (TPSA) is 90.9 Å². The van der Waals surface area contributed by atoms with Gasteiger partial charge in [0.05, 0.1) is 30.9 Å². The number of allylic oxidation sites excluding steroid dienone is 2. The minimum Gasteiger partial charge on any atom is -0.496 e. The van der Waals surface area contributed by atoms with Crippen molar-refractivity contribution in [2.75, 3.05) is 19.0 Å². The molecule has 0 aromatic heterocycles. The summed E-state index contributed by atoms with van der Waals surface area (Å²) < 4.78 is 55.1. The molecule has 1 aliphatic carbocycles. The Hall–Kier alpha value is -3.04. The van der Waals surface area contributed by atoms with Gasteiger partial charge in [-0.15, -0.1) is 0 Å². The van der Waals surface area contributed by atoms with Gasteiger partial charge in [0, 0.05) is 11.1 Å². The minimum atomic E-state index is -5.15. The summed E-state index contributed by atoms with van der Waals surface area (Å²) >= 11 is 0. The SMILES string of the molecule is CCOC(=O)[C@@H]1CCCCC1C(C)=CCc1c(NC(=O)C(F)(F)F)c2c(c(C)c1OC)COC2=O. The normalized spacial score (nSPS) is 20.2. The van der Waals surface area contributed by atoms with Crippen LogP contribution in [0.5, 0.6) is 5.75 Å². The molecule has 1 heterocycles. The quantitative estimate of drug-likeness (QED) is 0.420. The van der Waals surface area contributed by atoms with Gasteiger partial charge in [0.1, 0.15) is 12.4 Å². The molecule has 1 saturated carbocycles. The predicted molar refractivity (Wildman–Crippen MR) is 121 cm³/mol. The number of esters is 2. The molecule has 3 rings (SSSR count). The molecule has 0 radical (unpaired) electrons. The molecule has 0 bridgehead atoms. The number of carbonyl (C=O) groups excluding carboxylic acids is 3. The Balaban J connectivity index is 2.04. The number of cyclic esters (lactones) is 1. The van der Waals surface area contributed by atoms with E-state index in [0.717, 1.165) is 24.8 Å². The summed E-state index contributed by atoms with van der Waals surface area (Å²) in [4.78, 5) is 36.8. The lowest BCUT2D eigenvalue weighted by Crippen LogP contribution is -2.31. The lowest BCUT2D eigenvalue weighted by atomic mass is 9.75. The molecule has 1 N–H and O–H groups in total. The van der Waals surface area contributed by atoms with Gasteiger partial charge in [0.15, 0.2) is 0 Å². The molecule has 1 aromatic carbocycles. The van der Waals surface area contributed by atoms with E-state index in [1.54, 1.807) is 13.8 Å². The van der Waals surface area contributed by atoms with Gasteiger partial charge < -0.3 is 19.5 Å². The zero-order chi connectivity index (χ0) is 25.9. The number of alkyl halides is 3. The molecular weight excluding hydrogens is 467 g/mol. The molecule has 35 heavy (non-hydrogen) atoms. The number of benzene rings is 1. The molecule has 1 aromatic rings. The summed E-state index contributed by atoms with van der Waals surface area (Å²) in [5.41, 5.74) is 1.71. The largest absolute Gasteiger partial charge is 0.496 e. The summed E-state index contributed by atoms with van der Waals surface area (Å²) in [6, 6.07) is 0. The van der Waals surface area contributed by atoms with Gasteiger partial charge in [-0.1, -0.05) is 24.5 Å². The second kappa shape index (κ2) is 10.7. The van der Waals surface area contributed by atoms with E-state index in [9.17, 15) is 27.6 Å². The molecule has 2 atom stereocenters. The fourth-order valence-corrected chi connectivity index (χ4v) is 5.00. The number of halogens is 3.